The first-order valence-corrected chi connectivity index (χ1v) is 6.50. The monoisotopic (exact) mass is 290 g/mol. The highest BCUT2D eigenvalue weighted by Crippen LogP contribution is 2.34. The summed E-state index contributed by atoms with van der Waals surface area (Å²) in [6.07, 6.45) is 0.922. The van der Waals surface area contributed by atoms with E-state index in [2.05, 4.69) is 10.9 Å². The number of halogens is 2. The van der Waals surface area contributed by atoms with Crippen LogP contribution in [0.15, 0.2) is 12.1 Å². The first-order chi connectivity index (χ1) is 8.60. The molecule has 0 aromatic heterocycles. The summed E-state index contributed by atoms with van der Waals surface area (Å²) >= 11 is 12.0. The van der Waals surface area contributed by atoms with Gasteiger partial charge in [-0.3, -0.25) is 10.2 Å². The maximum atomic E-state index is 11.8. The summed E-state index contributed by atoms with van der Waals surface area (Å²) in [5.41, 5.74) is 5.74. The van der Waals surface area contributed by atoms with Gasteiger partial charge in [-0.2, -0.15) is 0 Å². The number of carbonyl (C=O) groups is 1. The summed E-state index contributed by atoms with van der Waals surface area (Å²) < 4.78 is 5.29. The SMILES string of the molecule is CCCNNC(=O)c1cc(Cl)c(OCC)c(Cl)c1. The van der Waals surface area contributed by atoms with Crippen LogP contribution in [0.4, 0.5) is 0 Å². The molecule has 2 N–H and O–H groups in total. The molecule has 100 valence electrons. The van der Waals surface area contributed by atoms with E-state index in [0.717, 1.165) is 6.42 Å². The molecule has 0 radical (unpaired) electrons. The molecule has 0 fully saturated rings. The Bertz CT molecular complexity index is 402. The van der Waals surface area contributed by atoms with Crippen LogP contribution in [0, 0.1) is 0 Å². The van der Waals surface area contributed by atoms with Crippen molar-refractivity contribution in [2.45, 2.75) is 20.3 Å². The minimum absolute atomic E-state index is 0.282. The molecule has 1 aromatic rings. The summed E-state index contributed by atoms with van der Waals surface area (Å²) in [5.74, 6) is 0.120. The van der Waals surface area contributed by atoms with Crippen molar-refractivity contribution in [3.8, 4) is 5.75 Å². The van der Waals surface area contributed by atoms with Crippen LogP contribution in [0.2, 0.25) is 10.0 Å². The maximum absolute atomic E-state index is 11.8. The molecule has 0 saturated heterocycles. The van der Waals surface area contributed by atoms with E-state index in [1.54, 1.807) is 0 Å². The minimum atomic E-state index is -0.282. The number of amides is 1. The zero-order valence-electron chi connectivity index (χ0n) is 10.3. The average Bonchev–Trinajstić information content (AvgIpc) is 2.33. The molecule has 0 aliphatic heterocycles. The smallest absolute Gasteiger partial charge is 0.265 e. The quantitative estimate of drug-likeness (QED) is 0.625. The zero-order chi connectivity index (χ0) is 13.5. The lowest BCUT2D eigenvalue weighted by Gasteiger charge is -2.11. The van der Waals surface area contributed by atoms with E-state index in [0.29, 0.717) is 34.5 Å². The molecule has 0 atom stereocenters. The van der Waals surface area contributed by atoms with Crippen molar-refractivity contribution in [3.05, 3.63) is 27.7 Å². The third-order valence-corrected chi connectivity index (χ3v) is 2.69. The first kappa shape index (κ1) is 15.1. The van der Waals surface area contributed by atoms with E-state index in [1.807, 2.05) is 13.8 Å². The van der Waals surface area contributed by atoms with Crippen molar-refractivity contribution in [2.75, 3.05) is 13.2 Å². The molecule has 0 bridgehead atoms. The van der Waals surface area contributed by atoms with Gasteiger partial charge in [0.2, 0.25) is 0 Å². The molecule has 1 rings (SSSR count). The van der Waals surface area contributed by atoms with E-state index in [1.165, 1.54) is 12.1 Å². The lowest BCUT2D eigenvalue weighted by Crippen LogP contribution is -2.37. The Balaban J connectivity index is 2.82. The predicted octanol–water partition coefficient (Wildman–Crippen LogP) is 3.04. The van der Waals surface area contributed by atoms with Gasteiger partial charge in [0.15, 0.2) is 5.75 Å². The third-order valence-electron chi connectivity index (χ3n) is 2.13. The molecular weight excluding hydrogens is 275 g/mol. The van der Waals surface area contributed by atoms with Gasteiger partial charge in [-0.05, 0) is 25.5 Å². The number of nitrogens with one attached hydrogen (secondary N) is 2. The standard InChI is InChI=1S/C12H16Cl2N2O2/c1-3-5-15-16-12(17)8-6-9(13)11(18-4-2)10(14)7-8/h6-7,15H,3-5H2,1-2H3,(H,16,17). The second-order valence-electron chi connectivity index (χ2n) is 3.58. The summed E-state index contributed by atoms with van der Waals surface area (Å²) in [5, 5.41) is 0.648. The highest BCUT2D eigenvalue weighted by molar-refractivity contribution is 6.37. The second-order valence-corrected chi connectivity index (χ2v) is 4.40. The molecule has 0 heterocycles. The van der Waals surface area contributed by atoms with Gasteiger partial charge < -0.3 is 4.74 Å². The van der Waals surface area contributed by atoms with Gasteiger partial charge >= 0.3 is 0 Å². The molecule has 0 saturated carbocycles. The largest absolute Gasteiger partial charge is 0.491 e. The van der Waals surface area contributed by atoms with Crippen LogP contribution in [0.5, 0.6) is 5.75 Å². The zero-order valence-corrected chi connectivity index (χ0v) is 11.9. The van der Waals surface area contributed by atoms with E-state index < -0.39 is 0 Å². The number of benzene rings is 1. The van der Waals surface area contributed by atoms with Crippen molar-refractivity contribution in [3.63, 3.8) is 0 Å². The summed E-state index contributed by atoms with van der Waals surface area (Å²) in [7, 11) is 0. The number of hydrazine groups is 1. The Kier molecular flexibility index (Phi) is 6.25. The Morgan fingerprint density at radius 3 is 2.39 bits per heavy atom. The van der Waals surface area contributed by atoms with Gasteiger partial charge in [0.05, 0.1) is 16.7 Å². The third kappa shape index (κ3) is 4.05. The van der Waals surface area contributed by atoms with Gasteiger partial charge in [0.25, 0.3) is 5.91 Å². The number of hydrogen-bond donors (Lipinski definition) is 2. The molecule has 1 aromatic carbocycles. The number of hydrogen-bond acceptors (Lipinski definition) is 3. The summed E-state index contributed by atoms with van der Waals surface area (Å²) in [6.45, 7) is 5.00. The van der Waals surface area contributed by atoms with Gasteiger partial charge in [0.1, 0.15) is 0 Å². The number of rotatable bonds is 6. The van der Waals surface area contributed by atoms with Crippen LogP contribution >= 0.6 is 23.2 Å². The lowest BCUT2D eigenvalue weighted by atomic mass is 10.2. The maximum Gasteiger partial charge on any atom is 0.265 e. The molecule has 18 heavy (non-hydrogen) atoms. The van der Waals surface area contributed by atoms with Gasteiger partial charge in [-0.1, -0.05) is 30.1 Å². The highest BCUT2D eigenvalue weighted by atomic mass is 35.5. The lowest BCUT2D eigenvalue weighted by molar-refractivity contribution is 0.0933. The summed E-state index contributed by atoms with van der Waals surface area (Å²) in [6, 6.07) is 3.06. The fourth-order valence-electron chi connectivity index (χ4n) is 1.31. The van der Waals surface area contributed by atoms with Crippen molar-refractivity contribution < 1.29 is 9.53 Å². The van der Waals surface area contributed by atoms with Crippen LogP contribution in [0.25, 0.3) is 0 Å². The normalized spacial score (nSPS) is 10.2. The van der Waals surface area contributed by atoms with E-state index in [9.17, 15) is 4.79 Å². The number of ether oxygens (including phenoxy) is 1. The molecule has 0 aliphatic rings. The first-order valence-electron chi connectivity index (χ1n) is 5.75. The van der Waals surface area contributed by atoms with Crippen molar-refractivity contribution >= 4 is 29.1 Å². The molecule has 6 heteroatoms. The Morgan fingerprint density at radius 1 is 1.28 bits per heavy atom. The van der Waals surface area contributed by atoms with E-state index in [4.69, 9.17) is 27.9 Å². The van der Waals surface area contributed by atoms with Crippen LogP contribution in [0.3, 0.4) is 0 Å². The van der Waals surface area contributed by atoms with Crippen LogP contribution < -0.4 is 15.6 Å². The second kappa shape index (κ2) is 7.46. The molecule has 4 nitrogen and oxygen atoms in total. The van der Waals surface area contributed by atoms with Gasteiger partial charge in [-0.15, -0.1) is 0 Å². The van der Waals surface area contributed by atoms with Crippen molar-refractivity contribution in [1.29, 1.82) is 0 Å². The van der Waals surface area contributed by atoms with E-state index >= 15 is 0 Å². The average molecular weight is 291 g/mol. The molecule has 0 unspecified atom stereocenters. The predicted molar refractivity (Wildman–Crippen MR) is 73.4 cm³/mol. The minimum Gasteiger partial charge on any atom is -0.491 e. The summed E-state index contributed by atoms with van der Waals surface area (Å²) in [4.78, 5) is 11.8. The Labute approximate surface area is 117 Å². The highest BCUT2D eigenvalue weighted by Gasteiger charge is 2.13. The molecule has 0 aliphatic carbocycles. The van der Waals surface area contributed by atoms with Gasteiger partial charge in [-0.25, -0.2) is 5.43 Å². The van der Waals surface area contributed by atoms with Crippen LogP contribution in [-0.4, -0.2) is 19.1 Å². The van der Waals surface area contributed by atoms with Crippen LogP contribution in [-0.2, 0) is 0 Å². The fraction of sp³-hybridized carbons (Fsp3) is 0.417. The van der Waals surface area contributed by atoms with Gasteiger partial charge in [0, 0.05) is 12.1 Å². The van der Waals surface area contributed by atoms with Crippen LogP contribution in [0.1, 0.15) is 30.6 Å². The molecule has 0 spiro atoms. The topological polar surface area (TPSA) is 50.4 Å². The van der Waals surface area contributed by atoms with Crippen molar-refractivity contribution in [1.82, 2.24) is 10.9 Å². The van der Waals surface area contributed by atoms with E-state index in [-0.39, 0.29) is 5.91 Å². The molecule has 1 amide bonds. The Hall–Kier alpha value is -0.970. The Morgan fingerprint density at radius 2 is 1.89 bits per heavy atom. The van der Waals surface area contributed by atoms with Crippen molar-refractivity contribution in [2.24, 2.45) is 0 Å². The molecular formula is C12H16Cl2N2O2. The number of carbonyl (C=O) groups excluding carboxylic acids is 1. The fourth-order valence-corrected chi connectivity index (χ4v) is 1.91.